The van der Waals surface area contributed by atoms with E-state index in [1.807, 2.05) is 44.2 Å². The van der Waals surface area contributed by atoms with Crippen LogP contribution in [0.1, 0.15) is 30.1 Å². The highest BCUT2D eigenvalue weighted by atomic mass is 16.5. The van der Waals surface area contributed by atoms with Crippen LogP contribution >= 0.6 is 0 Å². The third-order valence-corrected chi connectivity index (χ3v) is 3.30. The average molecular weight is 337 g/mol. The Hall–Kier alpha value is -3.22. The molecule has 2 aromatic heterocycles. The molecule has 0 unspecified atom stereocenters. The SMILES string of the molecule is Cc1cc(NC(=O)c2cc(NC(C)C)nc(-c3ccccc3)n2)no1. The molecular formula is C18H19N5O2. The van der Waals surface area contributed by atoms with Crippen molar-refractivity contribution in [3.05, 3.63) is 53.9 Å². The quantitative estimate of drug-likeness (QED) is 0.740. The minimum atomic E-state index is -0.375. The molecule has 0 radical (unpaired) electrons. The number of aryl methyl sites for hydroxylation is 1. The molecule has 1 aromatic carbocycles. The standard InChI is InChI=1S/C18H19N5O2/c1-11(2)19-15-10-14(18(24)22-16-9-12(3)25-23-16)20-17(21-15)13-7-5-4-6-8-13/h4-11H,1-3H3,(H,19,20,21)(H,22,23,24). The van der Waals surface area contributed by atoms with Crippen LogP contribution in [0.25, 0.3) is 11.4 Å². The second-order valence-electron chi connectivity index (χ2n) is 5.90. The maximum atomic E-state index is 12.5. The molecule has 2 N–H and O–H groups in total. The third kappa shape index (κ3) is 4.20. The van der Waals surface area contributed by atoms with Gasteiger partial charge in [-0.1, -0.05) is 35.5 Å². The number of carbonyl (C=O) groups excluding carboxylic acids is 1. The lowest BCUT2D eigenvalue weighted by Crippen LogP contribution is -2.17. The molecule has 0 saturated carbocycles. The van der Waals surface area contributed by atoms with Gasteiger partial charge in [0, 0.05) is 23.7 Å². The van der Waals surface area contributed by atoms with Gasteiger partial charge >= 0.3 is 0 Å². The summed E-state index contributed by atoms with van der Waals surface area (Å²) in [5.74, 6) is 1.66. The molecule has 3 rings (SSSR count). The van der Waals surface area contributed by atoms with Crippen molar-refractivity contribution in [3.8, 4) is 11.4 Å². The van der Waals surface area contributed by atoms with Gasteiger partial charge in [-0.25, -0.2) is 9.97 Å². The number of nitrogens with zero attached hydrogens (tertiary/aromatic N) is 3. The molecule has 25 heavy (non-hydrogen) atoms. The largest absolute Gasteiger partial charge is 0.368 e. The molecule has 2 heterocycles. The van der Waals surface area contributed by atoms with Crippen molar-refractivity contribution in [3.63, 3.8) is 0 Å². The van der Waals surface area contributed by atoms with Crippen molar-refractivity contribution in [2.75, 3.05) is 10.6 Å². The molecule has 0 aliphatic heterocycles. The van der Waals surface area contributed by atoms with E-state index in [-0.39, 0.29) is 17.6 Å². The molecule has 0 spiro atoms. The molecule has 7 heteroatoms. The summed E-state index contributed by atoms with van der Waals surface area (Å²) < 4.78 is 4.96. The summed E-state index contributed by atoms with van der Waals surface area (Å²) >= 11 is 0. The van der Waals surface area contributed by atoms with Crippen molar-refractivity contribution in [2.45, 2.75) is 26.8 Å². The van der Waals surface area contributed by atoms with Crippen molar-refractivity contribution < 1.29 is 9.32 Å². The van der Waals surface area contributed by atoms with Gasteiger partial charge < -0.3 is 15.2 Å². The zero-order valence-corrected chi connectivity index (χ0v) is 14.3. The molecule has 1 amide bonds. The topological polar surface area (TPSA) is 92.9 Å². The van der Waals surface area contributed by atoms with E-state index in [9.17, 15) is 4.79 Å². The monoisotopic (exact) mass is 337 g/mol. The summed E-state index contributed by atoms with van der Waals surface area (Å²) in [6.45, 7) is 5.76. The summed E-state index contributed by atoms with van der Waals surface area (Å²) in [6.07, 6.45) is 0. The van der Waals surface area contributed by atoms with E-state index in [2.05, 4.69) is 25.8 Å². The maximum Gasteiger partial charge on any atom is 0.275 e. The van der Waals surface area contributed by atoms with Crippen LogP contribution in [0.2, 0.25) is 0 Å². The molecular weight excluding hydrogens is 318 g/mol. The Labute approximate surface area is 145 Å². The highest BCUT2D eigenvalue weighted by Gasteiger charge is 2.15. The van der Waals surface area contributed by atoms with E-state index in [0.717, 1.165) is 5.56 Å². The Kier molecular flexibility index (Phi) is 4.74. The van der Waals surface area contributed by atoms with E-state index in [1.54, 1.807) is 19.1 Å². The smallest absolute Gasteiger partial charge is 0.275 e. The van der Waals surface area contributed by atoms with Crippen molar-refractivity contribution >= 4 is 17.5 Å². The maximum absolute atomic E-state index is 12.5. The van der Waals surface area contributed by atoms with Gasteiger partial charge in [0.05, 0.1) is 0 Å². The van der Waals surface area contributed by atoms with Gasteiger partial charge in [-0.2, -0.15) is 0 Å². The summed E-state index contributed by atoms with van der Waals surface area (Å²) in [7, 11) is 0. The van der Waals surface area contributed by atoms with E-state index in [0.29, 0.717) is 23.2 Å². The van der Waals surface area contributed by atoms with Crippen LogP contribution < -0.4 is 10.6 Å². The first kappa shape index (κ1) is 16.6. The van der Waals surface area contributed by atoms with Gasteiger partial charge in [-0.3, -0.25) is 4.79 Å². The molecule has 0 aliphatic carbocycles. The van der Waals surface area contributed by atoms with Crippen molar-refractivity contribution in [1.29, 1.82) is 0 Å². The number of hydrogen-bond donors (Lipinski definition) is 2. The summed E-state index contributed by atoms with van der Waals surface area (Å²) in [4.78, 5) is 21.4. The number of anilines is 2. The fourth-order valence-electron chi connectivity index (χ4n) is 2.26. The fourth-order valence-corrected chi connectivity index (χ4v) is 2.26. The first-order chi connectivity index (χ1) is 12.0. The number of aromatic nitrogens is 3. The second kappa shape index (κ2) is 7.12. The molecule has 0 bridgehead atoms. The number of benzene rings is 1. The number of hydrogen-bond acceptors (Lipinski definition) is 6. The normalized spacial score (nSPS) is 10.7. The van der Waals surface area contributed by atoms with Crippen LogP contribution in [0.5, 0.6) is 0 Å². The Bertz CT molecular complexity index is 874. The molecule has 128 valence electrons. The minimum absolute atomic E-state index is 0.174. The highest BCUT2D eigenvalue weighted by molar-refractivity contribution is 6.03. The highest BCUT2D eigenvalue weighted by Crippen LogP contribution is 2.19. The summed E-state index contributed by atoms with van der Waals surface area (Å²) in [5, 5.41) is 9.66. The van der Waals surface area contributed by atoms with Gasteiger partial charge in [-0.15, -0.1) is 0 Å². The lowest BCUT2D eigenvalue weighted by molar-refractivity contribution is 0.102. The molecule has 0 fully saturated rings. The van der Waals surface area contributed by atoms with Gasteiger partial charge in [0.15, 0.2) is 11.6 Å². The molecule has 0 saturated heterocycles. The Morgan fingerprint density at radius 3 is 2.48 bits per heavy atom. The Morgan fingerprint density at radius 1 is 1.08 bits per heavy atom. The lowest BCUT2D eigenvalue weighted by Gasteiger charge is -2.12. The predicted octanol–water partition coefficient (Wildman–Crippen LogP) is 3.51. The lowest BCUT2D eigenvalue weighted by atomic mass is 10.2. The number of carbonyl (C=O) groups is 1. The fraction of sp³-hybridized carbons (Fsp3) is 0.222. The van der Waals surface area contributed by atoms with Gasteiger partial charge in [0.2, 0.25) is 0 Å². The van der Waals surface area contributed by atoms with Crippen LogP contribution in [-0.2, 0) is 0 Å². The zero-order valence-electron chi connectivity index (χ0n) is 14.3. The van der Waals surface area contributed by atoms with Crippen LogP contribution in [0.4, 0.5) is 11.6 Å². The van der Waals surface area contributed by atoms with Crippen LogP contribution in [0, 0.1) is 6.92 Å². The van der Waals surface area contributed by atoms with Gasteiger partial charge in [0.25, 0.3) is 5.91 Å². The summed E-state index contributed by atoms with van der Waals surface area (Å²) in [5.41, 5.74) is 1.08. The number of amides is 1. The van der Waals surface area contributed by atoms with Crippen molar-refractivity contribution in [1.82, 2.24) is 15.1 Å². The van der Waals surface area contributed by atoms with Crippen LogP contribution in [0.15, 0.2) is 47.0 Å². The third-order valence-electron chi connectivity index (χ3n) is 3.30. The predicted molar refractivity (Wildman–Crippen MR) is 95.4 cm³/mol. The molecule has 0 atom stereocenters. The van der Waals surface area contributed by atoms with E-state index in [4.69, 9.17) is 4.52 Å². The summed E-state index contributed by atoms with van der Waals surface area (Å²) in [6, 6.07) is 13.0. The second-order valence-corrected chi connectivity index (χ2v) is 5.90. The number of nitrogens with one attached hydrogen (secondary N) is 2. The van der Waals surface area contributed by atoms with E-state index >= 15 is 0 Å². The van der Waals surface area contributed by atoms with Gasteiger partial charge in [0.1, 0.15) is 17.3 Å². The minimum Gasteiger partial charge on any atom is -0.368 e. The zero-order chi connectivity index (χ0) is 17.8. The van der Waals surface area contributed by atoms with Gasteiger partial charge in [-0.05, 0) is 20.8 Å². The van der Waals surface area contributed by atoms with Crippen molar-refractivity contribution in [2.24, 2.45) is 0 Å². The Morgan fingerprint density at radius 2 is 1.84 bits per heavy atom. The molecule has 0 aliphatic rings. The molecule has 3 aromatic rings. The first-order valence-corrected chi connectivity index (χ1v) is 7.97. The number of rotatable bonds is 5. The van der Waals surface area contributed by atoms with E-state index < -0.39 is 0 Å². The van der Waals surface area contributed by atoms with E-state index in [1.165, 1.54) is 0 Å². The van der Waals surface area contributed by atoms with Crippen LogP contribution in [-0.4, -0.2) is 27.1 Å². The Balaban J connectivity index is 1.95. The molecule has 7 nitrogen and oxygen atoms in total. The average Bonchev–Trinajstić information content (AvgIpc) is 2.99. The van der Waals surface area contributed by atoms with Crippen LogP contribution in [0.3, 0.4) is 0 Å². The first-order valence-electron chi connectivity index (χ1n) is 7.97.